The van der Waals surface area contributed by atoms with Crippen LogP contribution >= 0.6 is 0 Å². The van der Waals surface area contributed by atoms with E-state index in [1.54, 1.807) is 0 Å². The van der Waals surface area contributed by atoms with Gasteiger partial charge in [-0.1, -0.05) is 0 Å². The second-order valence-electron chi connectivity index (χ2n) is 0.741. The summed E-state index contributed by atoms with van der Waals surface area (Å²) in [6.07, 6.45) is 0. The summed E-state index contributed by atoms with van der Waals surface area (Å²) in [4.78, 5) is 0. The molecule has 1 aliphatic rings. The average molecular weight is 182 g/mol. The zero-order valence-corrected chi connectivity index (χ0v) is 5.23. The Kier molecular flexibility index (Phi) is 1.57. The second kappa shape index (κ2) is 2.01. The molecule has 1 fully saturated rings. The topological polar surface area (TPSA) is 18.5 Å². The Morgan fingerprint density at radius 3 is 2.00 bits per heavy atom. The molecule has 0 saturated carbocycles. The molecule has 0 atom stereocenters. The molecule has 0 bridgehead atoms. The fourth-order valence-corrected chi connectivity index (χ4v) is 1.25. The molecule has 1 rings (SSSR count). The van der Waals surface area contributed by atoms with Crippen molar-refractivity contribution in [2.24, 2.45) is 0 Å². The quantitative estimate of drug-likeness (QED) is 0.473. The van der Waals surface area contributed by atoms with Crippen molar-refractivity contribution in [2.45, 2.75) is 0 Å². The molecule has 0 amide bonds. The molecule has 0 aromatic rings. The van der Waals surface area contributed by atoms with Crippen LogP contribution in [0, 0.1) is 0 Å². The summed E-state index contributed by atoms with van der Waals surface area (Å²) in [5.74, 6) is 0. The van der Waals surface area contributed by atoms with Gasteiger partial charge in [0.15, 0.2) is 0 Å². The molecule has 29 valence electrons. The van der Waals surface area contributed by atoms with Gasteiger partial charge in [-0.05, 0) is 0 Å². The van der Waals surface area contributed by atoms with Crippen LogP contribution in [0.15, 0.2) is 0 Å². The Balaban J connectivity index is 2.08. The van der Waals surface area contributed by atoms with Crippen LogP contribution in [0.2, 0.25) is 0 Å². The Morgan fingerprint density at radius 2 is 1.80 bits per heavy atom. The molecule has 1 saturated heterocycles. The van der Waals surface area contributed by atoms with Crippen LogP contribution in [0.1, 0.15) is 0 Å². The van der Waals surface area contributed by atoms with E-state index in [4.69, 9.17) is 6.03 Å². The van der Waals surface area contributed by atoms with Crippen LogP contribution < -0.4 is 0 Å². The third-order valence-corrected chi connectivity index (χ3v) is 2.02. The maximum atomic E-state index is 4.87. The zero-order chi connectivity index (χ0) is 3.54. The average Bonchev–Trinajstić information content (AvgIpc) is 1.76. The van der Waals surface area contributed by atoms with Crippen molar-refractivity contribution in [3.05, 3.63) is 0 Å². The minimum absolute atomic E-state index is 0.533. The van der Waals surface area contributed by atoms with Crippen LogP contribution in [-0.2, 0) is 6.03 Å². The van der Waals surface area contributed by atoms with Crippen molar-refractivity contribution in [3.63, 3.8) is 0 Å². The Morgan fingerprint density at radius 1 is 1.20 bits per heavy atom. The summed E-state index contributed by atoms with van der Waals surface area (Å²) in [5, 5.41) is 0. The van der Waals surface area contributed by atoms with Gasteiger partial charge in [0.1, 0.15) is 0 Å². The Hall–Kier alpha value is 0.738. The molecule has 1 aliphatic heterocycles. The third kappa shape index (κ3) is 1.08. The summed E-state index contributed by atoms with van der Waals surface area (Å²) in [6, 6.07) is 0. The summed E-state index contributed by atoms with van der Waals surface area (Å²) in [6.45, 7) is 1.69. The molecule has 0 aromatic heterocycles. The van der Waals surface area contributed by atoms with Crippen LogP contribution in [0.25, 0.3) is 0 Å². The van der Waals surface area contributed by atoms with Gasteiger partial charge < -0.3 is 0 Å². The second-order valence-corrected chi connectivity index (χ2v) is 2.64. The van der Waals surface area contributed by atoms with Crippen molar-refractivity contribution in [1.82, 2.24) is 0 Å². The van der Waals surface area contributed by atoms with E-state index in [0.717, 1.165) is 13.2 Å². The first-order valence-corrected chi connectivity index (χ1v) is 3.53. The van der Waals surface area contributed by atoms with Crippen LogP contribution in [0.4, 0.5) is 0 Å². The van der Waals surface area contributed by atoms with E-state index in [-0.39, 0.29) is 0 Å². The Bertz CT molecular complexity index is 19.2. The first-order valence-electron chi connectivity index (χ1n) is 1.44. The Labute approximate surface area is 42.1 Å². The van der Waals surface area contributed by atoms with Gasteiger partial charge in [0.2, 0.25) is 0 Å². The van der Waals surface area contributed by atoms with E-state index >= 15 is 0 Å². The molecule has 0 aromatic carbocycles. The first-order chi connectivity index (χ1) is 2.50. The van der Waals surface area contributed by atoms with E-state index in [2.05, 4.69) is 0 Å². The van der Waals surface area contributed by atoms with Crippen molar-refractivity contribution < 1.29 is 6.03 Å². The molecule has 1 radical (unpaired) electrons. The van der Waals surface area contributed by atoms with Gasteiger partial charge in [-0.2, -0.15) is 0 Å². The molecule has 0 unspecified atom stereocenters. The van der Waals surface area contributed by atoms with Gasteiger partial charge in [-0.15, -0.1) is 0 Å². The zero-order valence-electron chi connectivity index (χ0n) is 2.68. The molecule has 3 heteroatoms. The molecule has 2 nitrogen and oxygen atoms in total. The molecule has 1 heterocycles. The van der Waals surface area contributed by atoms with Gasteiger partial charge in [0.25, 0.3) is 0 Å². The van der Waals surface area contributed by atoms with Crippen molar-refractivity contribution in [3.8, 4) is 0 Å². The van der Waals surface area contributed by atoms with Crippen LogP contribution in [-0.4, -0.2) is 35.7 Å². The van der Waals surface area contributed by atoms with E-state index in [9.17, 15) is 0 Å². The molecular formula is C2H4O2Sb. The van der Waals surface area contributed by atoms with Crippen molar-refractivity contribution in [1.29, 1.82) is 0 Å². The molecule has 0 spiro atoms. The summed E-state index contributed by atoms with van der Waals surface area (Å²) in [5.41, 5.74) is 0. The minimum atomic E-state index is -0.533. The normalized spacial score (nSPS) is 24.0. The van der Waals surface area contributed by atoms with E-state index < -0.39 is 22.5 Å². The summed E-state index contributed by atoms with van der Waals surface area (Å²) < 4.78 is 9.74. The van der Waals surface area contributed by atoms with E-state index in [0.29, 0.717) is 0 Å². The summed E-state index contributed by atoms with van der Waals surface area (Å²) >= 11 is -0.533. The number of hydrogen-bond acceptors (Lipinski definition) is 2. The molecule has 5 heavy (non-hydrogen) atoms. The standard InChI is InChI=1S/C2H4O2.Sb/c3-1-2-4;/h1-2H2;/q-2;+2. The van der Waals surface area contributed by atoms with Gasteiger partial charge in [-0.25, -0.2) is 0 Å². The monoisotopic (exact) mass is 181 g/mol. The SMILES string of the molecule is C1C[O][Sb][O]1. The fourth-order valence-electron chi connectivity index (χ4n) is 0.186. The number of hydrogen-bond donors (Lipinski definition) is 0. The van der Waals surface area contributed by atoms with Gasteiger partial charge in [0, 0.05) is 0 Å². The van der Waals surface area contributed by atoms with E-state index in [1.807, 2.05) is 0 Å². The predicted molar refractivity (Wildman–Crippen MR) is 17.7 cm³/mol. The van der Waals surface area contributed by atoms with Gasteiger partial charge in [-0.3, -0.25) is 0 Å². The number of rotatable bonds is 0. The van der Waals surface area contributed by atoms with Crippen LogP contribution in [0.3, 0.4) is 0 Å². The van der Waals surface area contributed by atoms with Gasteiger partial charge in [0.05, 0.1) is 0 Å². The molecule has 0 N–H and O–H groups in total. The van der Waals surface area contributed by atoms with Crippen molar-refractivity contribution in [2.75, 3.05) is 13.2 Å². The predicted octanol–water partition coefficient (Wildman–Crippen LogP) is -0.433. The summed E-state index contributed by atoms with van der Waals surface area (Å²) in [7, 11) is 0. The van der Waals surface area contributed by atoms with Crippen LogP contribution in [0.5, 0.6) is 0 Å². The third-order valence-electron chi connectivity index (χ3n) is 0.371. The van der Waals surface area contributed by atoms with Crippen molar-refractivity contribution >= 4 is 22.5 Å². The first kappa shape index (κ1) is 3.91. The van der Waals surface area contributed by atoms with E-state index in [1.165, 1.54) is 0 Å². The fraction of sp³-hybridized carbons (Fsp3) is 1.00. The molecule has 0 aliphatic carbocycles. The van der Waals surface area contributed by atoms with Gasteiger partial charge >= 0.3 is 41.7 Å². The molecular weight excluding hydrogens is 178 g/mol. The maximum absolute atomic E-state index is 4.87.